The van der Waals surface area contributed by atoms with E-state index in [2.05, 4.69) is 37.1 Å². The predicted molar refractivity (Wildman–Crippen MR) is 75.9 cm³/mol. The molecule has 3 N–H and O–H groups in total. The number of pyridine rings is 1. The highest BCUT2D eigenvalue weighted by atomic mass is 16.5. The van der Waals surface area contributed by atoms with Gasteiger partial charge in [0.15, 0.2) is 0 Å². The monoisotopic (exact) mass is 251 g/mol. The molecule has 0 amide bonds. The van der Waals surface area contributed by atoms with Crippen LogP contribution in [0.1, 0.15) is 32.8 Å². The fourth-order valence-electron chi connectivity index (χ4n) is 1.73. The molecule has 0 saturated heterocycles. The fourth-order valence-corrected chi connectivity index (χ4v) is 1.73. The van der Waals surface area contributed by atoms with Gasteiger partial charge < -0.3 is 15.8 Å². The Morgan fingerprint density at radius 1 is 1.39 bits per heavy atom. The first-order chi connectivity index (χ1) is 8.47. The van der Waals surface area contributed by atoms with Gasteiger partial charge in [0.1, 0.15) is 5.82 Å². The largest absolute Gasteiger partial charge is 0.383 e. The summed E-state index contributed by atoms with van der Waals surface area (Å²) >= 11 is 0. The number of ether oxygens (including phenoxy) is 1. The van der Waals surface area contributed by atoms with E-state index >= 15 is 0 Å². The van der Waals surface area contributed by atoms with Crippen LogP contribution in [-0.2, 0) is 10.2 Å². The molecule has 0 radical (unpaired) electrons. The zero-order valence-corrected chi connectivity index (χ0v) is 11.9. The van der Waals surface area contributed by atoms with E-state index in [0.717, 1.165) is 12.2 Å². The standard InChI is InChI=1S/C14H25N3O/c1-14(2,3)11-5-6-13(16-9-11)17-12(7-8-15)10-18-4/h5-6,9,12H,7-8,10,15H2,1-4H3,(H,16,17). The molecule has 4 heteroatoms. The number of anilines is 1. The molecule has 102 valence electrons. The highest BCUT2D eigenvalue weighted by molar-refractivity contribution is 5.38. The Morgan fingerprint density at radius 3 is 2.56 bits per heavy atom. The summed E-state index contributed by atoms with van der Waals surface area (Å²) in [5.41, 5.74) is 6.94. The number of nitrogens with zero attached hydrogens (tertiary/aromatic N) is 1. The number of methoxy groups -OCH3 is 1. The minimum Gasteiger partial charge on any atom is -0.383 e. The second-order valence-electron chi connectivity index (χ2n) is 5.56. The van der Waals surface area contributed by atoms with E-state index in [0.29, 0.717) is 13.2 Å². The van der Waals surface area contributed by atoms with Crippen LogP contribution in [0.2, 0.25) is 0 Å². The highest BCUT2D eigenvalue weighted by Crippen LogP contribution is 2.22. The lowest BCUT2D eigenvalue weighted by Gasteiger charge is -2.20. The fraction of sp³-hybridized carbons (Fsp3) is 0.643. The van der Waals surface area contributed by atoms with Crippen LogP contribution in [0.15, 0.2) is 18.3 Å². The molecule has 0 bridgehead atoms. The molecule has 1 unspecified atom stereocenters. The third kappa shape index (κ3) is 4.63. The van der Waals surface area contributed by atoms with Gasteiger partial charge in [-0.1, -0.05) is 26.8 Å². The summed E-state index contributed by atoms with van der Waals surface area (Å²) in [6, 6.07) is 4.34. The van der Waals surface area contributed by atoms with Crippen molar-refractivity contribution in [3.8, 4) is 0 Å². The van der Waals surface area contributed by atoms with Crippen LogP contribution in [-0.4, -0.2) is 31.3 Å². The van der Waals surface area contributed by atoms with Gasteiger partial charge in [-0.3, -0.25) is 0 Å². The van der Waals surface area contributed by atoms with Gasteiger partial charge in [0.25, 0.3) is 0 Å². The van der Waals surface area contributed by atoms with Crippen molar-refractivity contribution in [3.05, 3.63) is 23.9 Å². The van der Waals surface area contributed by atoms with Crippen LogP contribution in [0.25, 0.3) is 0 Å². The van der Waals surface area contributed by atoms with Crippen LogP contribution in [0.3, 0.4) is 0 Å². The first kappa shape index (κ1) is 14.9. The quantitative estimate of drug-likeness (QED) is 0.813. The van der Waals surface area contributed by atoms with E-state index in [-0.39, 0.29) is 11.5 Å². The lowest BCUT2D eigenvalue weighted by atomic mass is 9.88. The molecule has 1 rings (SSSR count). The predicted octanol–water partition coefficient (Wildman–Crippen LogP) is 2.15. The first-order valence-corrected chi connectivity index (χ1v) is 6.39. The number of aromatic nitrogens is 1. The first-order valence-electron chi connectivity index (χ1n) is 6.39. The summed E-state index contributed by atoms with van der Waals surface area (Å²) in [6.45, 7) is 7.82. The Kier molecular flexibility index (Phi) is 5.56. The van der Waals surface area contributed by atoms with Crippen molar-refractivity contribution in [2.75, 3.05) is 25.6 Å². The Balaban J connectivity index is 2.67. The summed E-state index contributed by atoms with van der Waals surface area (Å²) in [5, 5.41) is 3.34. The van der Waals surface area contributed by atoms with E-state index in [4.69, 9.17) is 10.5 Å². The topological polar surface area (TPSA) is 60.2 Å². The van der Waals surface area contributed by atoms with Crippen LogP contribution in [0.4, 0.5) is 5.82 Å². The molecule has 0 aliphatic heterocycles. The van der Waals surface area contributed by atoms with E-state index in [1.807, 2.05) is 12.3 Å². The molecule has 0 aromatic carbocycles. The normalized spacial score (nSPS) is 13.4. The molecule has 1 aromatic heterocycles. The molecule has 0 fully saturated rings. The van der Waals surface area contributed by atoms with Gasteiger partial charge in [0.2, 0.25) is 0 Å². The molecule has 0 aliphatic carbocycles. The molecular formula is C14H25N3O. The number of hydrogen-bond acceptors (Lipinski definition) is 4. The molecule has 4 nitrogen and oxygen atoms in total. The minimum absolute atomic E-state index is 0.134. The molecule has 1 atom stereocenters. The van der Waals surface area contributed by atoms with Gasteiger partial charge in [-0.25, -0.2) is 4.98 Å². The average molecular weight is 251 g/mol. The van der Waals surface area contributed by atoms with Crippen molar-refractivity contribution >= 4 is 5.82 Å². The Bertz CT molecular complexity index is 337. The molecule has 1 heterocycles. The molecule has 18 heavy (non-hydrogen) atoms. The number of rotatable bonds is 6. The summed E-state index contributed by atoms with van der Waals surface area (Å²) in [4.78, 5) is 4.44. The maximum absolute atomic E-state index is 5.58. The van der Waals surface area contributed by atoms with Crippen molar-refractivity contribution in [2.45, 2.75) is 38.6 Å². The Morgan fingerprint density at radius 2 is 2.11 bits per heavy atom. The van der Waals surface area contributed by atoms with Crippen LogP contribution in [0.5, 0.6) is 0 Å². The Hall–Kier alpha value is -1.13. The Labute approximate surface area is 110 Å². The van der Waals surface area contributed by atoms with Crippen molar-refractivity contribution in [1.29, 1.82) is 0 Å². The van der Waals surface area contributed by atoms with E-state index in [1.165, 1.54) is 5.56 Å². The van der Waals surface area contributed by atoms with Crippen molar-refractivity contribution in [1.82, 2.24) is 4.98 Å². The van der Waals surface area contributed by atoms with Gasteiger partial charge in [-0.2, -0.15) is 0 Å². The number of nitrogens with two attached hydrogens (primary N) is 1. The van der Waals surface area contributed by atoms with Crippen LogP contribution < -0.4 is 11.1 Å². The third-order valence-corrected chi connectivity index (χ3v) is 2.86. The number of hydrogen-bond donors (Lipinski definition) is 2. The van der Waals surface area contributed by atoms with E-state index < -0.39 is 0 Å². The lowest BCUT2D eigenvalue weighted by molar-refractivity contribution is 0.183. The van der Waals surface area contributed by atoms with E-state index in [1.54, 1.807) is 7.11 Å². The zero-order chi connectivity index (χ0) is 13.6. The van der Waals surface area contributed by atoms with Gasteiger partial charge in [-0.05, 0) is 30.0 Å². The summed E-state index contributed by atoms with van der Waals surface area (Å²) in [5.74, 6) is 0.874. The highest BCUT2D eigenvalue weighted by Gasteiger charge is 2.14. The third-order valence-electron chi connectivity index (χ3n) is 2.86. The van der Waals surface area contributed by atoms with E-state index in [9.17, 15) is 0 Å². The number of nitrogens with one attached hydrogen (secondary N) is 1. The maximum Gasteiger partial charge on any atom is 0.126 e. The molecular weight excluding hydrogens is 226 g/mol. The SMILES string of the molecule is COCC(CCN)Nc1ccc(C(C)(C)C)cn1. The van der Waals surface area contributed by atoms with Gasteiger partial charge >= 0.3 is 0 Å². The summed E-state index contributed by atoms with van der Waals surface area (Å²) in [7, 11) is 1.70. The molecule has 0 aliphatic rings. The lowest BCUT2D eigenvalue weighted by Crippen LogP contribution is -2.28. The van der Waals surface area contributed by atoms with Gasteiger partial charge in [0, 0.05) is 13.3 Å². The second kappa shape index (κ2) is 6.71. The minimum atomic E-state index is 0.134. The van der Waals surface area contributed by atoms with Crippen molar-refractivity contribution < 1.29 is 4.74 Å². The smallest absolute Gasteiger partial charge is 0.126 e. The van der Waals surface area contributed by atoms with Gasteiger partial charge in [0.05, 0.1) is 12.6 Å². The second-order valence-corrected chi connectivity index (χ2v) is 5.56. The maximum atomic E-state index is 5.58. The van der Waals surface area contributed by atoms with Crippen LogP contribution >= 0.6 is 0 Å². The molecule has 1 aromatic rings. The van der Waals surface area contributed by atoms with Crippen molar-refractivity contribution in [3.63, 3.8) is 0 Å². The van der Waals surface area contributed by atoms with Gasteiger partial charge in [-0.15, -0.1) is 0 Å². The zero-order valence-electron chi connectivity index (χ0n) is 11.9. The molecule has 0 saturated carbocycles. The average Bonchev–Trinajstić information content (AvgIpc) is 2.29. The van der Waals surface area contributed by atoms with Crippen LogP contribution in [0, 0.1) is 0 Å². The van der Waals surface area contributed by atoms with Crippen molar-refractivity contribution in [2.24, 2.45) is 5.73 Å². The summed E-state index contributed by atoms with van der Waals surface area (Å²) in [6.07, 6.45) is 2.80. The summed E-state index contributed by atoms with van der Waals surface area (Å²) < 4.78 is 5.16. The molecule has 0 spiro atoms.